The molecule has 1 aromatic heterocycles. The predicted octanol–water partition coefficient (Wildman–Crippen LogP) is -0.206. The van der Waals surface area contributed by atoms with Gasteiger partial charge in [-0.15, -0.1) is 0 Å². The molecular formula is C13H21N3O3. The number of nitrogens with zero attached hydrogens (tertiary/aromatic N) is 1. The molecule has 0 bridgehead atoms. The zero-order chi connectivity index (χ0) is 13.8. The Labute approximate surface area is 112 Å². The van der Waals surface area contributed by atoms with Crippen LogP contribution in [-0.4, -0.2) is 55.2 Å². The molecule has 2 heterocycles. The maximum atomic E-state index is 12.0. The molecule has 1 amide bonds. The number of aliphatic hydroxyl groups is 1. The molecule has 1 aliphatic heterocycles. The Hall–Kier alpha value is -1.37. The van der Waals surface area contributed by atoms with Gasteiger partial charge in [-0.2, -0.15) is 0 Å². The summed E-state index contributed by atoms with van der Waals surface area (Å²) in [5, 5.41) is 15.7. The van der Waals surface area contributed by atoms with Gasteiger partial charge < -0.3 is 25.1 Å². The van der Waals surface area contributed by atoms with Gasteiger partial charge in [0.25, 0.3) is 5.91 Å². The van der Waals surface area contributed by atoms with E-state index < -0.39 is 6.10 Å². The van der Waals surface area contributed by atoms with Gasteiger partial charge in [-0.25, -0.2) is 0 Å². The van der Waals surface area contributed by atoms with E-state index in [1.54, 1.807) is 12.1 Å². The van der Waals surface area contributed by atoms with Gasteiger partial charge in [0.05, 0.1) is 18.7 Å². The van der Waals surface area contributed by atoms with Gasteiger partial charge in [0.1, 0.15) is 5.76 Å². The summed E-state index contributed by atoms with van der Waals surface area (Å²) in [4.78, 5) is 14.0. The van der Waals surface area contributed by atoms with Crippen LogP contribution in [0, 0.1) is 0 Å². The quantitative estimate of drug-likeness (QED) is 0.704. The summed E-state index contributed by atoms with van der Waals surface area (Å²) in [5.41, 5.74) is 0. The standard InChI is InChI=1S/C13H21N3O3/c1-16(2)8-9-3-4-12(19-9)13(18)15-10-7-14-6-5-11(10)17/h3-4,10-11,14,17H,5-8H2,1-2H3,(H,15,18)/t10-,11+/m0/s1. The molecule has 6 heteroatoms. The Balaban J connectivity index is 1.93. The first-order valence-electron chi connectivity index (χ1n) is 6.49. The van der Waals surface area contributed by atoms with Crippen LogP contribution in [0.25, 0.3) is 0 Å². The largest absolute Gasteiger partial charge is 0.455 e. The molecule has 0 radical (unpaired) electrons. The second-order valence-corrected chi connectivity index (χ2v) is 5.14. The number of carbonyl (C=O) groups excluding carboxylic acids is 1. The Morgan fingerprint density at radius 2 is 2.37 bits per heavy atom. The van der Waals surface area contributed by atoms with Crippen molar-refractivity contribution in [3.8, 4) is 0 Å². The Kier molecular flexibility index (Phi) is 4.57. The highest BCUT2D eigenvalue weighted by Crippen LogP contribution is 2.11. The fourth-order valence-electron chi connectivity index (χ4n) is 2.13. The lowest BCUT2D eigenvalue weighted by molar-refractivity contribution is 0.0732. The van der Waals surface area contributed by atoms with Gasteiger partial charge in [0, 0.05) is 6.54 Å². The first kappa shape index (κ1) is 14.0. The van der Waals surface area contributed by atoms with Crippen LogP contribution in [0.3, 0.4) is 0 Å². The van der Waals surface area contributed by atoms with Gasteiger partial charge in [-0.1, -0.05) is 0 Å². The zero-order valence-corrected chi connectivity index (χ0v) is 11.3. The Morgan fingerprint density at radius 3 is 3.05 bits per heavy atom. The molecule has 3 N–H and O–H groups in total. The highest BCUT2D eigenvalue weighted by atomic mass is 16.4. The van der Waals surface area contributed by atoms with Crippen molar-refractivity contribution in [3.05, 3.63) is 23.7 Å². The molecule has 2 rings (SSSR count). The lowest BCUT2D eigenvalue weighted by Gasteiger charge is -2.28. The average molecular weight is 267 g/mol. The number of aliphatic hydroxyl groups excluding tert-OH is 1. The van der Waals surface area contributed by atoms with Gasteiger partial charge in [0.2, 0.25) is 0 Å². The van der Waals surface area contributed by atoms with Crippen molar-refractivity contribution < 1.29 is 14.3 Å². The molecule has 1 fully saturated rings. The van der Waals surface area contributed by atoms with Gasteiger partial charge in [-0.05, 0) is 39.2 Å². The monoisotopic (exact) mass is 267 g/mol. The Morgan fingerprint density at radius 1 is 1.58 bits per heavy atom. The number of rotatable bonds is 4. The fourth-order valence-corrected chi connectivity index (χ4v) is 2.13. The summed E-state index contributed by atoms with van der Waals surface area (Å²) in [7, 11) is 3.87. The molecule has 106 valence electrons. The molecule has 0 saturated carbocycles. The highest BCUT2D eigenvalue weighted by molar-refractivity contribution is 5.91. The van der Waals surface area contributed by atoms with Crippen LogP contribution in [0.1, 0.15) is 22.7 Å². The van der Waals surface area contributed by atoms with E-state index in [2.05, 4.69) is 10.6 Å². The van der Waals surface area contributed by atoms with E-state index in [0.717, 1.165) is 12.3 Å². The van der Waals surface area contributed by atoms with Crippen molar-refractivity contribution in [2.75, 3.05) is 27.2 Å². The van der Waals surface area contributed by atoms with E-state index in [-0.39, 0.29) is 17.7 Å². The average Bonchev–Trinajstić information content (AvgIpc) is 2.79. The third kappa shape index (κ3) is 3.79. The van der Waals surface area contributed by atoms with Gasteiger partial charge >= 0.3 is 0 Å². The van der Waals surface area contributed by atoms with Gasteiger partial charge in [0.15, 0.2) is 5.76 Å². The molecule has 0 spiro atoms. The normalized spacial score (nSPS) is 23.6. The number of furan rings is 1. The lowest BCUT2D eigenvalue weighted by atomic mass is 10.0. The second kappa shape index (κ2) is 6.18. The zero-order valence-electron chi connectivity index (χ0n) is 11.3. The van der Waals surface area contributed by atoms with E-state index >= 15 is 0 Å². The molecule has 0 aromatic carbocycles. The van der Waals surface area contributed by atoms with Crippen LogP contribution in [0.4, 0.5) is 0 Å². The van der Waals surface area contributed by atoms with Crippen LogP contribution >= 0.6 is 0 Å². The van der Waals surface area contributed by atoms with E-state index in [1.807, 2.05) is 19.0 Å². The lowest BCUT2D eigenvalue weighted by Crippen LogP contribution is -2.53. The molecule has 0 unspecified atom stereocenters. The van der Waals surface area contributed by atoms with Crippen LogP contribution in [-0.2, 0) is 6.54 Å². The second-order valence-electron chi connectivity index (χ2n) is 5.14. The van der Waals surface area contributed by atoms with Crippen molar-refractivity contribution in [1.82, 2.24) is 15.5 Å². The summed E-state index contributed by atoms with van der Waals surface area (Å²) in [6, 6.07) is 3.20. The third-order valence-corrected chi connectivity index (χ3v) is 3.12. The minimum Gasteiger partial charge on any atom is -0.455 e. The Bertz CT molecular complexity index is 431. The SMILES string of the molecule is CN(C)Cc1ccc(C(=O)N[C@H]2CNCC[C@H]2O)o1. The molecule has 1 aromatic rings. The van der Waals surface area contributed by atoms with Crippen LogP contribution in [0.15, 0.2) is 16.5 Å². The predicted molar refractivity (Wildman–Crippen MR) is 70.8 cm³/mol. The van der Waals surface area contributed by atoms with Crippen LogP contribution < -0.4 is 10.6 Å². The summed E-state index contributed by atoms with van der Waals surface area (Å²) in [5.74, 6) is 0.754. The number of piperidine rings is 1. The number of hydrogen-bond donors (Lipinski definition) is 3. The maximum Gasteiger partial charge on any atom is 0.287 e. The summed E-state index contributed by atoms with van der Waals surface area (Å²) in [6.07, 6.45) is 0.149. The first-order valence-corrected chi connectivity index (χ1v) is 6.49. The third-order valence-electron chi connectivity index (χ3n) is 3.12. The highest BCUT2D eigenvalue weighted by Gasteiger charge is 2.25. The van der Waals surface area contributed by atoms with Crippen molar-refractivity contribution in [1.29, 1.82) is 0 Å². The molecule has 19 heavy (non-hydrogen) atoms. The van der Waals surface area contributed by atoms with Gasteiger partial charge in [-0.3, -0.25) is 4.79 Å². The maximum absolute atomic E-state index is 12.0. The van der Waals surface area contributed by atoms with E-state index in [9.17, 15) is 9.90 Å². The summed E-state index contributed by atoms with van der Waals surface area (Å²) < 4.78 is 5.48. The molecule has 0 aliphatic carbocycles. The number of carbonyl (C=O) groups is 1. The van der Waals surface area contributed by atoms with E-state index in [1.165, 1.54) is 0 Å². The number of amides is 1. The van der Waals surface area contributed by atoms with Crippen LogP contribution in [0.2, 0.25) is 0 Å². The molecule has 2 atom stereocenters. The molecular weight excluding hydrogens is 246 g/mol. The number of nitrogens with one attached hydrogen (secondary N) is 2. The van der Waals surface area contributed by atoms with Crippen LogP contribution in [0.5, 0.6) is 0 Å². The van der Waals surface area contributed by atoms with Crippen molar-refractivity contribution in [2.24, 2.45) is 0 Å². The summed E-state index contributed by atoms with van der Waals surface area (Å²) in [6.45, 7) is 2.01. The van der Waals surface area contributed by atoms with Crippen molar-refractivity contribution >= 4 is 5.91 Å². The first-order chi connectivity index (χ1) is 9.06. The molecule has 1 aliphatic rings. The van der Waals surface area contributed by atoms with E-state index in [4.69, 9.17) is 4.42 Å². The fraction of sp³-hybridized carbons (Fsp3) is 0.615. The minimum atomic E-state index is -0.499. The number of hydrogen-bond acceptors (Lipinski definition) is 5. The van der Waals surface area contributed by atoms with Crippen molar-refractivity contribution in [2.45, 2.75) is 25.1 Å². The topological polar surface area (TPSA) is 77.7 Å². The smallest absolute Gasteiger partial charge is 0.287 e. The minimum absolute atomic E-state index is 0.261. The van der Waals surface area contributed by atoms with Crippen molar-refractivity contribution in [3.63, 3.8) is 0 Å². The van der Waals surface area contributed by atoms with E-state index in [0.29, 0.717) is 19.5 Å². The molecule has 1 saturated heterocycles. The summed E-state index contributed by atoms with van der Waals surface area (Å²) >= 11 is 0. The molecule has 6 nitrogen and oxygen atoms in total.